The Morgan fingerprint density at radius 2 is 1.95 bits per heavy atom. The standard InChI is InChI=1S/C30H34N2O4S/c1-3-7-20-16-21(30-32-25-8-4-5-9-28(25)37-30)10-13-27(20)36-15-6-14-35-22-11-12-24-23(17-22)19(2)26(31-24)18-29(33)34/h10-13,16-17,31H,3-9,14-15,18H2,1-2H3,(H,33,34). The minimum atomic E-state index is -0.843. The predicted molar refractivity (Wildman–Crippen MR) is 148 cm³/mol. The Hall–Kier alpha value is -3.32. The molecule has 2 aromatic carbocycles. The van der Waals surface area contributed by atoms with Gasteiger partial charge in [-0.3, -0.25) is 4.79 Å². The number of carboxylic acids is 1. The second kappa shape index (κ2) is 11.4. The molecule has 0 atom stereocenters. The van der Waals surface area contributed by atoms with Crippen LogP contribution in [0.5, 0.6) is 11.5 Å². The van der Waals surface area contributed by atoms with E-state index in [1.54, 1.807) is 0 Å². The molecule has 2 N–H and O–H groups in total. The molecule has 5 rings (SSSR count). The van der Waals surface area contributed by atoms with Crippen LogP contribution in [0.3, 0.4) is 0 Å². The van der Waals surface area contributed by atoms with Crippen molar-refractivity contribution in [1.82, 2.24) is 9.97 Å². The third-order valence-corrected chi connectivity index (χ3v) is 8.16. The van der Waals surface area contributed by atoms with Gasteiger partial charge in [0, 0.05) is 33.5 Å². The van der Waals surface area contributed by atoms with Gasteiger partial charge in [0.15, 0.2) is 0 Å². The summed E-state index contributed by atoms with van der Waals surface area (Å²) in [7, 11) is 0. The number of fused-ring (bicyclic) bond motifs is 2. The van der Waals surface area contributed by atoms with Crippen molar-refractivity contribution in [1.29, 1.82) is 0 Å². The van der Waals surface area contributed by atoms with Crippen LogP contribution in [0.25, 0.3) is 21.5 Å². The van der Waals surface area contributed by atoms with Crippen molar-refractivity contribution in [2.45, 2.75) is 65.2 Å². The quantitative estimate of drug-likeness (QED) is 0.211. The number of rotatable bonds is 11. The molecule has 194 valence electrons. The van der Waals surface area contributed by atoms with Gasteiger partial charge >= 0.3 is 5.97 Å². The predicted octanol–water partition coefficient (Wildman–Crippen LogP) is 6.91. The van der Waals surface area contributed by atoms with Crippen molar-refractivity contribution >= 4 is 28.2 Å². The molecule has 0 spiro atoms. The molecule has 0 saturated heterocycles. The third kappa shape index (κ3) is 5.82. The molecule has 7 heteroatoms. The molecule has 0 bridgehead atoms. The van der Waals surface area contributed by atoms with Gasteiger partial charge in [0.25, 0.3) is 0 Å². The number of thiazole rings is 1. The molecule has 0 fully saturated rings. The zero-order valence-corrected chi connectivity index (χ0v) is 22.4. The van der Waals surface area contributed by atoms with Crippen LogP contribution in [-0.4, -0.2) is 34.3 Å². The van der Waals surface area contributed by atoms with Gasteiger partial charge in [-0.1, -0.05) is 13.3 Å². The van der Waals surface area contributed by atoms with Gasteiger partial charge in [0.05, 0.1) is 25.3 Å². The van der Waals surface area contributed by atoms with E-state index < -0.39 is 5.97 Å². The Morgan fingerprint density at radius 1 is 1.11 bits per heavy atom. The lowest BCUT2D eigenvalue weighted by Gasteiger charge is -2.13. The first-order valence-electron chi connectivity index (χ1n) is 13.2. The number of carboxylic acid groups (broad SMARTS) is 1. The van der Waals surface area contributed by atoms with Crippen molar-refractivity contribution in [2.24, 2.45) is 0 Å². The number of nitrogens with one attached hydrogen (secondary N) is 1. The molecule has 4 aromatic rings. The van der Waals surface area contributed by atoms with Crippen molar-refractivity contribution in [2.75, 3.05) is 13.2 Å². The smallest absolute Gasteiger partial charge is 0.309 e. The number of hydrogen-bond acceptors (Lipinski definition) is 5. The fraction of sp³-hybridized carbons (Fsp3) is 0.400. The molecule has 0 unspecified atom stereocenters. The van der Waals surface area contributed by atoms with Crippen molar-refractivity contribution in [3.8, 4) is 22.1 Å². The molecule has 37 heavy (non-hydrogen) atoms. The van der Waals surface area contributed by atoms with E-state index in [0.717, 1.165) is 64.4 Å². The first kappa shape index (κ1) is 25.3. The topological polar surface area (TPSA) is 84.4 Å². The van der Waals surface area contributed by atoms with Gasteiger partial charge in [0.2, 0.25) is 0 Å². The SMILES string of the molecule is CCCc1cc(-c2nc3c(s2)CCCC3)ccc1OCCCOc1ccc2[nH]c(CC(=O)O)c(C)c2c1. The molecular weight excluding hydrogens is 484 g/mol. The summed E-state index contributed by atoms with van der Waals surface area (Å²) in [6.45, 7) is 5.26. The average molecular weight is 519 g/mol. The molecule has 0 aliphatic heterocycles. The number of hydrogen-bond donors (Lipinski definition) is 2. The Morgan fingerprint density at radius 3 is 2.76 bits per heavy atom. The van der Waals surface area contributed by atoms with Gasteiger partial charge < -0.3 is 19.6 Å². The summed E-state index contributed by atoms with van der Waals surface area (Å²) in [6, 6.07) is 12.3. The molecule has 2 heterocycles. The summed E-state index contributed by atoms with van der Waals surface area (Å²) in [4.78, 5) is 20.7. The molecule has 6 nitrogen and oxygen atoms in total. The van der Waals surface area contributed by atoms with Gasteiger partial charge in [0.1, 0.15) is 16.5 Å². The summed E-state index contributed by atoms with van der Waals surface area (Å²) < 4.78 is 12.1. The van der Waals surface area contributed by atoms with E-state index in [-0.39, 0.29) is 6.42 Å². The second-order valence-electron chi connectivity index (χ2n) is 9.73. The summed E-state index contributed by atoms with van der Waals surface area (Å²) >= 11 is 1.85. The number of carbonyl (C=O) groups is 1. The first-order valence-corrected chi connectivity index (χ1v) is 14.0. The van der Waals surface area contributed by atoms with Crippen LogP contribution >= 0.6 is 11.3 Å². The normalized spacial score (nSPS) is 13.0. The maximum absolute atomic E-state index is 11.1. The van der Waals surface area contributed by atoms with E-state index in [2.05, 4.69) is 30.1 Å². The van der Waals surface area contributed by atoms with Crippen LogP contribution in [0.4, 0.5) is 0 Å². The summed E-state index contributed by atoms with van der Waals surface area (Å²) in [6.07, 6.45) is 7.60. The third-order valence-electron chi connectivity index (χ3n) is 6.95. The zero-order chi connectivity index (χ0) is 25.8. The second-order valence-corrected chi connectivity index (χ2v) is 10.8. The Balaban J connectivity index is 1.17. The van der Waals surface area contributed by atoms with Gasteiger partial charge in [-0.15, -0.1) is 11.3 Å². The lowest BCUT2D eigenvalue weighted by molar-refractivity contribution is -0.136. The average Bonchev–Trinajstić information content (AvgIpc) is 3.45. The van der Waals surface area contributed by atoms with E-state index in [9.17, 15) is 4.79 Å². The maximum atomic E-state index is 11.1. The minimum absolute atomic E-state index is 0.0129. The number of aliphatic carboxylic acids is 1. The van der Waals surface area contributed by atoms with E-state index in [1.807, 2.05) is 36.5 Å². The molecule has 0 saturated carbocycles. The molecule has 0 radical (unpaired) electrons. The first-order chi connectivity index (χ1) is 18.0. The fourth-order valence-corrected chi connectivity index (χ4v) is 6.15. The van der Waals surface area contributed by atoms with Crippen molar-refractivity contribution < 1.29 is 19.4 Å². The molecule has 1 aliphatic carbocycles. The molecule has 1 aliphatic rings. The highest BCUT2D eigenvalue weighted by molar-refractivity contribution is 7.15. The van der Waals surface area contributed by atoms with Gasteiger partial charge in [-0.2, -0.15) is 0 Å². The van der Waals surface area contributed by atoms with Crippen LogP contribution in [0, 0.1) is 6.92 Å². The monoisotopic (exact) mass is 518 g/mol. The number of aromatic nitrogens is 2. The number of H-pyrrole nitrogens is 1. The summed E-state index contributed by atoms with van der Waals surface area (Å²) in [5.74, 6) is 0.880. The lowest BCUT2D eigenvalue weighted by atomic mass is 10.0. The largest absolute Gasteiger partial charge is 0.493 e. The van der Waals surface area contributed by atoms with Crippen LogP contribution in [0.15, 0.2) is 36.4 Å². The zero-order valence-electron chi connectivity index (χ0n) is 21.6. The number of aromatic amines is 1. The maximum Gasteiger partial charge on any atom is 0.309 e. The number of nitrogens with zero attached hydrogens (tertiary/aromatic N) is 1. The fourth-order valence-electron chi connectivity index (χ4n) is 5.00. The van der Waals surface area contributed by atoms with E-state index in [0.29, 0.717) is 13.2 Å². The number of aryl methyl sites for hydroxylation is 4. The van der Waals surface area contributed by atoms with Crippen LogP contribution < -0.4 is 9.47 Å². The Bertz CT molecular complexity index is 1380. The number of ether oxygens (including phenoxy) is 2. The highest BCUT2D eigenvalue weighted by Gasteiger charge is 2.17. The van der Waals surface area contributed by atoms with Gasteiger partial charge in [-0.05, 0) is 86.6 Å². The Labute approximate surface area is 221 Å². The molecule has 2 aromatic heterocycles. The number of benzene rings is 2. The van der Waals surface area contributed by atoms with Crippen LogP contribution in [0.2, 0.25) is 0 Å². The minimum Gasteiger partial charge on any atom is -0.493 e. The van der Waals surface area contributed by atoms with Crippen molar-refractivity contribution in [3.05, 3.63) is 63.8 Å². The van der Waals surface area contributed by atoms with E-state index >= 15 is 0 Å². The van der Waals surface area contributed by atoms with Crippen LogP contribution in [-0.2, 0) is 30.5 Å². The Kier molecular flexibility index (Phi) is 7.79. The highest BCUT2D eigenvalue weighted by atomic mass is 32.1. The van der Waals surface area contributed by atoms with Crippen molar-refractivity contribution in [3.63, 3.8) is 0 Å². The summed E-state index contributed by atoms with van der Waals surface area (Å²) in [5, 5.41) is 11.2. The molecular formula is C30H34N2O4S. The van der Waals surface area contributed by atoms with E-state index in [4.69, 9.17) is 19.6 Å². The van der Waals surface area contributed by atoms with Crippen LogP contribution in [0.1, 0.15) is 60.0 Å². The highest BCUT2D eigenvalue weighted by Crippen LogP contribution is 2.35. The lowest BCUT2D eigenvalue weighted by Crippen LogP contribution is -2.06. The molecule has 0 amide bonds. The van der Waals surface area contributed by atoms with Gasteiger partial charge in [-0.25, -0.2) is 4.98 Å². The van der Waals surface area contributed by atoms with E-state index in [1.165, 1.54) is 41.0 Å². The summed E-state index contributed by atoms with van der Waals surface area (Å²) in [5.41, 5.74) is 6.34.